The van der Waals surface area contributed by atoms with E-state index < -0.39 is 0 Å². The molecule has 2 rings (SSSR count). The van der Waals surface area contributed by atoms with Crippen molar-refractivity contribution in [3.05, 3.63) is 58.7 Å². The number of hydrogen-bond acceptors (Lipinski definition) is 2. The number of rotatable bonds is 6. The third-order valence-electron chi connectivity index (χ3n) is 3.94. The van der Waals surface area contributed by atoms with Gasteiger partial charge in [0.05, 0.1) is 13.7 Å². The highest BCUT2D eigenvalue weighted by molar-refractivity contribution is 5.45. The van der Waals surface area contributed by atoms with Crippen molar-refractivity contribution in [2.45, 2.75) is 40.0 Å². The van der Waals surface area contributed by atoms with Gasteiger partial charge in [0, 0.05) is 0 Å². The lowest BCUT2D eigenvalue weighted by atomic mass is 9.93. The van der Waals surface area contributed by atoms with Crippen LogP contribution in [0.4, 0.5) is 0 Å². The zero-order valence-corrected chi connectivity index (χ0v) is 14.3. The van der Waals surface area contributed by atoms with Gasteiger partial charge in [-0.05, 0) is 66.6 Å². The van der Waals surface area contributed by atoms with Gasteiger partial charge in [-0.25, -0.2) is 0 Å². The summed E-state index contributed by atoms with van der Waals surface area (Å²) < 4.78 is 11.0. The van der Waals surface area contributed by atoms with Crippen LogP contribution in [0.2, 0.25) is 0 Å². The monoisotopic (exact) mass is 298 g/mol. The van der Waals surface area contributed by atoms with Gasteiger partial charge in [-0.15, -0.1) is 0 Å². The maximum absolute atomic E-state index is 5.52. The number of ether oxygens (including phenoxy) is 2. The Morgan fingerprint density at radius 1 is 1.05 bits per heavy atom. The van der Waals surface area contributed by atoms with Crippen LogP contribution < -0.4 is 9.47 Å². The van der Waals surface area contributed by atoms with Crippen molar-refractivity contribution >= 4 is 0 Å². The van der Waals surface area contributed by atoms with Crippen molar-refractivity contribution in [2.24, 2.45) is 0 Å². The lowest BCUT2D eigenvalue weighted by molar-refractivity contribution is 0.340. The van der Waals surface area contributed by atoms with Crippen LogP contribution in [0.15, 0.2) is 36.4 Å². The van der Waals surface area contributed by atoms with Crippen molar-refractivity contribution < 1.29 is 9.47 Å². The summed E-state index contributed by atoms with van der Waals surface area (Å²) >= 11 is 0. The molecule has 0 aromatic heterocycles. The number of methoxy groups -OCH3 is 1. The molecule has 2 aromatic carbocycles. The van der Waals surface area contributed by atoms with Gasteiger partial charge in [-0.2, -0.15) is 0 Å². The minimum absolute atomic E-state index is 0.453. The Labute approximate surface area is 134 Å². The van der Waals surface area contributed by atoms with E-state index in [0.717, 1.165) is 17.9 Å². The van der Waals surface area contributed by atoms with Gasteiger partial charge in [0.1, 0.15) is 11.5 Å². The lowest BCUT2D eigenvalue weighted by Crippen LogP contribution is -2.00. The fourth-order valence-corrected chi connectivity index (χ4v) is 2.65. The Bertz CT molecular complexity index is 612. The summed E-state index contributed by atoms with van der Waals surface area (Å²) in [7, 11) is 1.74. The van der Waals surface area contributed by atoms with Crippen LogP contribution in [-0.4, -0.2) is 13.7 Å². The molecule has 0 bridgehead atoms. The van der Waals surface area contributed by atoms with E-state index in [0.29, 0.717) is 12.5 Å². The van der Waals surface area contributed by atoms with E-state index in [1.54, 1.807) is 7.11 Å². The second-order valence-electron chi connectivity index (χ2n) is 5.93. The molecule has 0 aliphatic carbocycles. The van der Waals surface area contributed by atoms with E-state index in [4.69, 9.17) is 9.47 Å². The quantitative estimate of drug-likeness (QED) is 0.737. The highest BCUT2D eigenvalue weighted by Gasteiger charge is 2.11. The second-order valence-corrected chi connectivity index (χ2v) is 5.93. The molecule has 0 aliphatic rings. The first-order chi connectivity index (χ1) is 10.5. The first kappa shape index (κ1) is 16.4. The SMILES string of the molecule is CCOc1ccc(Cc2cc(C(C)C)c(OC)cc2C)cc1. The minimum atomic E-state index is 0.453. The van der Waals surface area contributed by atoms with Crippen LogP contribution >= 0.6 is 0 Å². The summed E-state index contributed by atoms with van der Waals surface area (Å²) in [5, 5.41) is 0. The fourth-order valence-electron chi connectivity index (χ4n) is 2.65. The maximum atomic E-state index is 5.52. The summed E-state index contributed by atoms with van der Waals surface area (Å²) in [6.45, 7) is 9.26. The Balaban J connectivity index is 2.26. The zero-order chi connectivity index (χ0) is 16.1. The average molecular weight is 298 g/mol. The topological polar surface area (TPSA) is 18.5 Å². The van der Waals surface area contributed by atoms with Gasteiger partial charge in [0.2, 0.25) is 0 Å². The van der Waals surface area contributed by atoms with Crippen molar-refractivity contribution in [1.82, 2.24) is 0 Å². The van der Waals surface area contributed by atoms with Crippen LogP contribution in [0.5, 0.6) is 11.5 Å². The molecule has 22 heavy (non-hydrogen) atoms. The van der Waals surface area contributed by atoms with Crippen LogP contribution in [0.1, 0.15) is 48.9 Å². The van der Waals surface area contributed by atoms with Gasteiger partial charge in [0.15, 0.2) is 0 Å². The van der Waals surface area contributed by atoms with Crippen molar-refractivity contribution in [3.8, 4) is 11.5 Å². The van der Waals surface area contributed by atoms with Gasteiger partial charge in [-0.3, -0.25) is 0 Å². The molecule has 2 nitrogen and oxygen atoms in total. The highest BCUT2D eigenvalue weighted by Crippen LogP contribution is 2.30. The summed E-state index contributed by atoms with van der Waals surface area (Å²) in [6, 6.07) is 12.8. The van der Waals surface area contributed by atoms with E-state index in [9.17, 15) is 0 Å². The third kappa shape index (κ3) is 3.82. The Morgan fingerprint density at radius 2 is 1.73 bits per heavy atom. The third-order valence-corrected chi connectivity index (χ3v) is 3.94. The van der Waals surface area contributed by atoms with Gasteiger partial charge in [0.25, 0.3) is 0 Å². The smallest absolute Gasteiger partial charge is 0.122 e. The molecule has 0 N–H and O–H groups in total. The number of aryl methyl sites for hydroxylation is 1. The molecule has 0 atom stereocenters. The molecule has 0 saturated carbocycles. The molecule has 118 valence electrons. The van der Waals surface area contributed by atoms with E-state index in [2.05, 4.69) is 45.0 Å². The predicted molar refractivity (Wildman–Crippen MR) is 92.2 cm³/mol. The molecule has 0 saturated heterocycles. The molecule has 0 aliphatic heterocycles. The van der Waals surface area contributed by atoms with Crippen molar-refractivity contribution in [3.63, 3.8) is 0 Å². The highest BCUT2D eigenvalue weighted by atomic mass is 16.5. The molecule has 0 radical (unpaired) electrons. The Kier molecular flexibility index (Phi) is 5.48. The molecule has 0 spiro atoms. The largest absolute Gasteiger partial charge is 0.496 e. The van der Waals surface area contributed by atoms with E-state index in [1.165, 1.54) is 22.3 Å². The standard InChI is InChI=1S/C20H26O2/c1-6-22-18-9-7-16(8-10-18)12-17-13-19(14(2)3)20(21-5)11-15(17)4/h7-11,13-14H,6,12H2,1-5H3. The Morgan fingerprint density at radius 3 is 2.27 bits per heavy atom. The van der Waals surface area contributed by atoms with Crippen LogP contribution in [0.25, 0.3) is 0 Å². The normalized spacial score (nSPS) is 10.8. The molecule has 0 heterocycles. The molecule has 0 fully saturated rings. The van der Waals surface area contributed by atoms with Gasteiger partial charge < -0.3 is 9.47 Å². The van der Waals surface area contributed by atoms with E-state index >= 15 is 0 Å². The number of benzene rings is 2. The summed E-state index contributed by atoms with van der Waals surface area (Å²) in [5.74, 6) is 2.37. The van der Waals surface area contributed by atoms with Gasteiger partial charge >= 0.3 is 0 Å². The predicted octanol–water partition coefficient (Wildman–Crippen LogP) is 5.12. The Hall–Kier alpha value is -1.96. The average Bonchev–Trinajstić information content (AvgIpc) is 2.50. The molecule has 2 aromatic rings. The summed E-state index contributed by atoms with van der Waals surface area (Å²) in [5.41, 5.74) is 5.20. The molecule has 2 heteroatoms. The molecular weight excluding hydrogens is 272 g/mol. The van der Waals surface area contributed by atoms with Crippen molar-refractivity contribution in [2.75, 3.05) is 13.7 Å². The summed E-state index contributed by atoms with van der Waals surface area (Å²) in [4.78, 5) is 0. The maximum Gasteiger partial charge on any atom is 0.122 e. The van der Waals surface area contributed by atoms with E-state index in [-0.39, 0.29) is 0 Å². The fraction of sp³-hybridized carbons (Fsp3) is 0.400. The second kappa shape index (κ2) is 7.35. The number of hydrogen-bond donors (Lipinski definition) is 0. The first-order valence-corrected chi connectivity index (χ1v) is 7.94. The summed E-state index contributed by atoms with van der Waals surface area (Å²) in [6.07, 6.45) is 0.932. The molecule has 0 unspecified atom stereocenters. The van der Waals surface area contributed by atoms with E-state index in [1.807, 2.05) is 19.1 Å². The van der Waals surface area contributed by atoms with Crippen LogP contribution in [-0.2, 0) is 6.42 Å². The first-order valence-electron chi connectivity index (χ1n) is 7.94. The molecule has 0 amide bonds. The molecular formula is C20H26O2. The zero-order valence-electron chi connectivity index (χ0n) is 14.3. The minimum Gasteiger partial charge on any atom is -0.496 e. The lowest BCUT2D eigenvalue weighted by Gasteiger charge is -2.16. The van der Waals surface area contributed by atoms with Crippen LogP contribution in [0.3, 0.4) is 0 Å². The van der Waals surface area contributed by atoms with Crippen LogP contribution in [0, 0.1) is 6.92 Å². The van der Waals surface area contributed by atoms with Crippen molar-refractivity contribution in [1.29, 1.82) is 0 Å². The van der Waals surface area contributed by atoms with Gasteiger partial charge in [-0.1, -0.05) is 32.0 Å².